The monoisotopic (exact) mass is 255 g/mol. The highest BCUT2D eigenvalue weighted by Crippen LogP contribution is 2.21. The molecule has 1 rings (SSSR count). The number of halogens is 1. The normalized spacial score (nSPS) is 12.5. The van der Waals surface area contributed by atoms with Crippen molar-refractivity contribution in [3.05, 3.63) is 29.3 Å². The molecule has 17 heavy (non-hydrogen) atoms. The number of nitrogens with two attached hydrogens (primary N) is 1. The lowest BCUT2D eigenvalue weighted by molar-refractivity contribution is 0.306. The Morgan fingerprint density at radius 1 is 1.53 bits per heavy atom. The minimum atomic E-state index is -0.333. The van der Waals surface area contributed by atoms with Crippen molar-refractivity contribution < 1.29 is 5.21 Å². The average Bonchev–Trinajstić information content (AvgIpc) is 2.27. The van der Waals surface area contributed by atoms with E-state index in [1.165, 1.54) is 0 Å². The highest BCUT2D eigenvalue weighted by molar-refractivity contribution is 6.30. The first-order valence-corrected chi connectivity index (χ1v) is 5.81. The maximum atomic E-state index is 8.65. The molecule has 0 aliphatic carbocycles. The van der Waals surface area contributed by atoms with Crippen molar-refractivity contribution in [2.45, 2.75) is 20.3 Å². The van der Waals surface area contributed by atoms with Gasteiger partial charge in [-0.3, -0.25) is 0 Å². The smallest absolute Gasteiger partial charge is 0.144 e. The Hall–Kier alpha value is -1.42. The Labute approximate surface area is 106 Å². The molecule has 0 heterocycles. The number of hydrogen-bond acceptors (Lipinski definition) is 3. The van der Waals surface area contributed by atoms with E-state index in [9.17, 15) is 0 Å². The van der Waals surface area contributed by atoms with Crippen molar-refractivity contribution in [3.8, 4) is 0 Å². The second-order valence-electron chi connectivity index (χ2n) is 4.56. The minimum absolute atomic E-state index is 0.241. The summed E-state index contributed by atoms with van der Waals surface area (Å²) in [6, 6.07) is 7.52. The van der Waals surface area contributed by atoms with Crippen molar-refractivity contribution in [2.24, 2.45) is 16.3 Å². The van der Waals surface area contributed by atoms with Crippen LogP contribution < -0.4 is 11.1 Å². The fourth-order valence-electron chi connectivity index (χ4n) is 1.38. The summed E-state index contributed by atoms with van der Waals surface area (Å²) in [4.78, 5) is 0. The van der Waals surface area contributed by atoms with Crippen LogP contribution >= 0.6 is 11.6 Å². The van der Waals surface area contributed by atoms with E-state index in [1.54, 1.807) is 0 Å². The lowest BCUT2D eigenvalue weighted by Crippen LogP contribution is -2.33. The van der Waals surface area contributed by atoms with E-state index in [0.29, 0.717) is 5.02 Å². The molecular formula is C12H18ClN3O. The number of benzene rings is 1. The zero-order valence-electron chi connectivity index (χ0n) is 10.1. The molecule has 4 nitrogen and oxygen atoms in total. The van der Waals surface area contributed by atoms with Crippen molar-refractivity contribution in [3.63, 3.8) is 0 Å². The first-order chi connectivity index (χ1) is 7.95. The first-order valence-electron chi connectivity index (χ1n) is 5.43. The summed E-state index contributed by atoms with van der Waals surface area (Å²) >= 11 is 5.87. The molecule has 0 aliphatic heterocycles. The highest BCUT2D eigenvalue weighted by Gasteiger charge is 2.22. The number of amidine groups is 1. The maximum absolute atomic E-state index is 8.65. The van der Waals surface area contributed by atoms with Crippen LogP contribution in [0.5, 0.6) is 0 Å². The van der Waals surface area contributed by atoms with Gasteiger partial charge >= 0.3 is 0 Å². The fourth-order valence-corrected chi connectivity index (χ4v) is 1.57. The molecule has 0 aromatic heterocycles. The van der Waals surface area contributed by atoms with Gasteiger partial charge in [0.2, 0.25) is 0 Å². The van der Waals surface area contributed by atoms with Crippen molar-refractivity contribution in [1.82, 2.24) is 0 Å². The van der Waals surface area contributed by atoms with Crippen molar-refractivity contribution in [1.29, 1.82) is 0 Å². The van der Waals surface area contributed by atoms with E-state index >= 15 is 0 Å². The van der Waals surface area contributed by atoms with Crippen molar-refractivity contribution >= 4 is 23.1 Å². The number of nitrogens with one attached hydrogen (secondary N) is 1. The summed E-state index contributed by atoms with van der Waals surface area (Å²) in [7, 11) is 0. The number of nitrogens with zero attached hydrogens (tertiary/aromatic N) is 1. The van der Waals surface area contributed by atoms with Crippen LogP contribution in [-0.4, -0.2) is 17.6 Å². The van der Waals surface area contributed by atoms with Gasteiger partial charge in [0.15, 0.2) is 0 Å². The van der Waals surface area contributed by atoms with Crippen LogP contribution in [0.15, 0.2) is 29.4 Å². The number of anilines is 1. The summed E-state index contributed by atoms with van der Waals surface area (Å²) in [5.74, 6) is 0.241. The molecule has 5 heteroatoms. The van der Waals surface area contributed by atoms with Gasteiger partial charge in [-0.15, -0.1) is 0 Å². The highest BCUT2D eigenvalue weighted by atomic mass is 35.5. The Bertz CT molecular complexity index is 404. The molecule has 0 saturated heterocycles. The second-order valence-corrected chi connectivity index (χ2v) is 4.99. The third-order valence-electron chi connectivity index (χ3n) is 2.70. The molecule has 94 valence electrons. The second kappa shape index (κ2) is 5.77. The summed E-state index contributed by atoms with van der Waals surface area (Å²) in [6.07, 6.45) is 0.759. The largest absolute Gasteiger partial charge is 0.409 e. The number of rotatable bonds is 5. The van der Waals surface area contributed by atoms with Gasteiger partial charge in [-0.25, -0.2) is 0 Å². The van der Waals surface area contributed by atoms with E-state index in [2.05, 4.69) is 10.5 Å². The fraction of sp³-hybridized carbons (Fsp3) is 0.417. The van der Waals surface area contributed by atoms with Gasteiger partial charge in [0.1, 0.15) is 5.84 Å². The molecule has 0 unspecified atom stereocenters. The minimum Gasteiger partial charge on any atom is -0.409 e. The maximum Gasteiger partial charge on any atom is 0.144 e. The standard InChI is InChI=1S/C12H18ClN3O/c1-12(2,11(14)16-17)6-7-15-10-5-3-4-9(13)8-10/h3-5,8,15,17H,6-7H2,1-2H3,(H2,14,16). The van der Waals surface area contributed by atoms with Crippen LogP contribution in [0.2, 0.25) is 5.02 Å². The third-order valence-corrected chi connectivity index (χ3v) is 2.94. The van der Waals surface area contributed by atoms with E-state index in [4.69, 9.17) is 22.5 Å². The number of hydrogen-bond donors (Lipinski definition) is 3. The molecule has 1 aromatic carbocycles. The van der Waals surface area contributed by atoms with Crippen LogP contribution in [-0.2, 0) is 0 Å². The summed E-state index contributed by atoms with van der Waals surface area (Å²) < 4.78 is 0. The van der Waals surface area contributed by atoms with E-state index < -0.39 is 0 Å². The van der Waals surface area contributed by atoms with Crippen LogP contribution in [0.25, 0.3) is 0 Å². The lowest BCUT2D eigenvalue weighted by Gasteiger charge is -2.23. The van der Waals surface area contributed by atoms with Crippen LogP contribution in [0, 0.1) is 5.41 Å². The molecule has 0 saturated carbocycles. The van der Waals surface area contributed by atoms with Gasteiger partial charge in [-0.1, -0.05) is 36.7 Å². The Balaban J connectivity index is 2.48. The molecule has 4 N–H and O–H groups in total. The van der Waals surface area contributed by atoms with Crippen molar-refractivity contribution in [2.75, 3.05) is 11.9 Å². The van der Waals surface area contributed by atoms with Gasteiger partial charge in [0.25, 0.3) is 0 Å². The zero-order valence-corrected chi connectivity index (χ0v) is 10.8. The van der Waals surface area contributed by atoms with Gasteiger partial charge in [-0.05, 0) is 24.6 Å². The Morgan fingerprint density at radius 3 is 2.82 bits per heavy atom. The molecule has 1 aromatic rings. The lowest BCUT2D eigenvalue weighted by atomic mass is 9.88. The van der Waals surface area contributed by atoms with Crippen LogP contribution in [0.4, 0.5) is 5.69 Å². The predicted molar refractivity (Wildman–Crippen MR) is 71.7 cm³/mol. The predicted octanol–water partition coefficient (Wildman–Crippen LogP) is 2.91. The Morgan fingerprint density at radius 2 is 2.24 bits per heavy atom. The first kappa shape index (κ1) is 13.6. The number of oxime groups is 1. The molecule has 0 radical (unpaired) electrons. The van der Waals surface area contributed by atoms with E-state index in [0.717, 1.165) is 18.7 Å². The van der Waals surface area contributed by atoms with E-state index in [1.807, 2.05) is 38.1 Å². The SMILES string of the molecule is CC(C)(CCNc1cccc(Cl)c1)C(N)=NO. The topological polar surface area (TPSA) is 70.6 Å². The average molecular weight is 256 g/mol. The van der Waals surface area contributed by atoms with Gasteiger partial charge in [-0.2, -0.15) is 0 Å². The zero-order chi connectivity index (χ0) is 12.9. The third kappa shape index (κ3) is 4.15. The van der Waals surface area contributed by atoms with Gasteiger partial charge in [0, 0.05) is 22.7 Å². The molecule has 0 bridgehead atoms. The molecular weight excluding hydrogens is 238 g/mol. The van der Waals surface area contributed by atoms with E-state index in [-0.39, 0.29) is 11.3 Å². The molecule has 0 fully saturated rings. The molecule has 0 amide bonds. The molecule has 0 spiro atoms. The van der Waals surface area contributed by atoms with Gasteiger partial charge < -0.3 is 16.3 Å². The van der Waals surface area contributed by atoms with Crippen LogP contribution in [0.1, 0.15) is 20.3 Å². The summed E-state index contributed by atoms with van der Waals surface area (Å²) in [5.41, 5.74) is 6.24. The molecule has 0 atom stereocenters. The van der Waals surface area contributed by atoms with Crippen LogP contribution in [0.3, 0.4) is 0 Å². The molecule has 0 aliphatic rings. The summed E-state index contributed by atoms with van der Waals surface area (Å²) in [5, 5.41) is 15.6. The Kier molecular flexibility index (Phi) is 4.63. The summed E-state index contributed by atoms with van der Waals surface area (Å²) in [6.45, 7) is 4.59. The van der Waals surface area contributed by atoms with Gasteiger partial charge in [0.05, 0.1) is 0 Å². The quantitative estimate of drug-likeness (QED) is 0.328.